The summed E-state index contributed by atoms with van der Waals surface area (Å²) in [5.74, 6) is 1.41. The number of hydrazine groups is 1. The highest BCUT2D eigenvalue weighted by molar-refractivity contribution is 5.94. The number of benzene rings is 3. The number of nitrogens with zero attached hydrogens (tertiary/aromatic N) is 4. The lowest BCUT2D eigenvalue weighted by Crippen LogP contribution is -2.54. The van der Waals surface area contributed by atoms with Gasteiger partial charge in [-0.15, -0.1) is 0 Å². The van der Waals surface area contributed by atoms with Crippen LogP contribution in [0, 0.1) is 5.92 Å². The molecular weight excluding hydrogens is 464 g/mol. The number of piperazine rings is 1. The third kappa shape index (κ3) is 5.65. The molecular formula is C29H32N6O2. The zero-order valence-electron chi connectivity index (χ0n) is 21.4. The van der Waals surface area contributed by atoms with Gasteiger partial charge in [-0.05, 0) is 35.9 Å². The van der Waals surface area contributed by atoms with Gasteiger partial charge < -0.3 is 15.0 Å². The fourth-order valence-electron chi connectivity index (χ4n) is 4.39. The fraction of sp³-hybridized carbons (Fsp3) is 0.276. The van der Waals surface area contributed by atoms with Gasteiger partial charge in [0.2, 0.25) is 11.9 Å². The lowest BCUT2D eigenvalue weighted by atomic mass is 10.0. The SMILES string of the molecule is COc1ccc(-c2cccc3cnc(Nc4cccc(N5CCN(NC(=O)C(C)C)CC5)c4)nc23)cc1. The van der Waals surface area contributed by atoms with Crippen LogP contribution in [0.3, 0.4) is 0 Å². The molecule has 2 heterocycles. The Morgan fingerprint density at radius 2 is 1.73 bits per heavy atom. The van der Waals surface area contributed by atoms with Crippen molar-refractivity contribution < 1.29 is 9.53 Å². The van der Waals surface area contributed by atoms with Gasteiger partial charge >= 0.3 is 0 Å². The normalized spacial score (nSPS) is 14.1. The molecule has 2 N–H and O–H groups in total. The molecule has 0 spiro atoms. The van der Waals surface area contributed by atoms with Gasteiger partial charge in [-0.25, -0.2) is 15.0 Å². The van der Waals surface area contributed by atoms with Gasteiger partial charge in [0.1, 0.15) is 5.75 Å². The molecule has 0 bridgehead atoms. The van der Waals surface area contributed by atoms with Gasteiger partial charge in [0.25, 0.3) is 0 Å². The van der Waals surface area contributed by atoms with Crippen LogP contribution in [0.1, 0.15) is 13.8 Å². The van der Waals surface area contributed by atoms with Crippen molar-refractivity contribution in [2.75, 3.05) is 43.5 Å². The van der Waals surface area contributed by atoms with Gasteiger partial charge in [0, 0.05) is 60.6 Å². The number of methoxy groups -OCH3 is 1. The highest BCUT2D eigenvalue weighted by atomic mass is 16.5. The van der Waals surface area contributed by atoms with Crippen molar-refractivity contribution in [3.05, 3.63) is 72.9 Å². The van der Waals surface area contributed by atoms with E-state index in [0.29, 0.717) is 5.95 Å². The number of carbonyl (C=O) groups is 1. The number of hydrogen-bond acceptors (Lipinski definition) is 7. The third-order valence-corrected chi connectivity index (χ3v) is 6.55. The number of carbonyl (C=O) groups excluding carboxylic acids is 1. The number of amides is 1. The Morgan fingerprint density at radius 1 is 0.973 bits per heavy atom. The molecule has 3 aromatic carbocycles. The third-order valence-electron chi connectivity index (χ3n) is 6.55. The topological polar surface area (TPSA) is 82.6 Å². The second-order valence-corrected chi connectivity index (χ2v) is 9.45. The van der Waals surface area contributed by atoms with Gasteiger partial charge in [0.05, 0.1) is 12.6 Å². The second kappa shape index (κ2) is 10.8. The first-order chi connectivity index (χ1) is 18.0. The van der Waals surface area contributed by atoms with Gasteiger partial charge in [-0.1, -0.05) is 50.2 Å². The maximum atomic E-state index is 12.0. The van der Waals surface area contributed by atoms with Gasteiger partial charge in [-0.2, -0.15) is 0 Å². The van der Waals surface area contributed by atoms with Crippen LogP contribution in [0.25, 0.3) is 22.0 Å². The summed E-state index contributed by atoms with van der Waals surface area (Å²) in [6, 6.07) is 22.4. The van der Waals surface area contributed by atoms with E-state index in [-0.39, 0.29) is 11.8 Å². The molecule has 1 aliphatic rings. The molecule has 1 saturated heterocycles. The summed E-state index contributed by atoms with van der Waals surface area (Å²) in [7, 11) is 1.67. The van der Waals surface area contributed by atoms with Crippen molar-refractivity contribution in [3.8, 4) is 16.9 Å². The summed E-state index contributed by atoms with van der Waals surface area (Å²) in [6.45, 7) is 7.03. The number of aromatic nitrogens is 2. The predicted octanol–water partition coefficient (Wildman–Crippen LogP) is 4.86. The number of anilines is 3. The quantitative estimate of drug-likeness (QED) is 0.378. The molecule has 8 nitrogen and oxygen atoms in total. The van der Waals surface area contributed by atoms with Crippen LogP contribution in [0.15, 0.2) is 72.9 Å². The van der Waals surface area contributed by atoms with Crippen LogP contribution >= 0.6 is 0 Å². The first-order valence-electron chi connectivity index (χ1n) is 12.6. The molecule has 0 saturated carbocycles. The summed E-state index contributed by atoms with van der Waals surface area (Å²) >= 11 is 0. The maximum Gasteiger partial charge on any atom is 0.236 e. The number of fused-ring (bicyclic) bond motifs is 1. The van der Waals surface area contributed by atoms with Crippen molar-refractivity contribution in [2.45, 2.75) is 13.8 Å². The zero-order chi connectivity index (χ0) is 25.8. The molecule has 37 heavy (non-hydrogen) atoms. The minimum Gasteiger partial charge on any atom is -0.497 e. The summed E-state index contributed by atoms with van der Waals surface area (Å²) in [5, 5.41) is 6.37. The Kier molecular flexibility index (Phi) is 7.18. The summed E-state index contributed by atoms with van der Waals surface area (Å²) < 4.78 is 5.30. The van der Waals surface area contributed by atoms with E-state index in [0.717, 1.165) is 65.3 Å². The number of ether oxygens (including phenoxy) is 1. The molecule has 0 aliphatic carbocycles. The van der Waals surface area contributed by atoms with Crippen molar-refractivity contribution >= 4 is 34.1 Å². The fourth-order valence-corrected chi connectivity index (χ4v) is 4.39. The Morgan fingerprint density at radius 3 is 2.46 bits per heavy atom. The predicted molar refractivity (Wildman–Crippen MR) is 148 cm³/mol. The molecule has 0 unspecified atom stereocenters. The Hall–Kier alpha value is -4.17. The number of para-hydroxylation sites is 1. The zero-order valence-corrected chi connectivity index (χ0v) is 21.4. The Labute approximate surface area is 217 Å². The Balaban J connectivity index is 1.31. The van der Waals surface area contributed by atoms with E-state index in [1.165, 1.54) is 0 Å². The van der Waals surface area contributed by atoms with Crippen LogP contribution in [-0.2, 0) is 4.79 Å². The Bertz CT molecular complexity index is 1380. The standard InChI is InChI=1S/C29H32N6O2/c1-20(2)28(36)33-35-16-14-34(15-17-35)24-8-5-7-23(18-24)31-29-30-19-22-6-4-9-26(27(22)32-29)21-10-12-25(37-3)13-11-21/h4-13,18-20H,14-17H2,1-3H3,(H,33,36)(H,30,31,32). The lowest BCUT2D eigenvalue weighted by Gasteiger charge is -2.36. The molecule has 0 atom stereocenters. The summed E-state index contributed by atoms with van der Waals surface area (Å²) in [4.78, 5) is 23.7. The lowest BCUT2D eigenvalue weighted by molar-refractivity contribution is -0.129. The van der Waals surface area contributed by atoms with E-state index in [1.54, 1.807) is 7.11 Å². The highest BCUT2D eigenvalue weighted by Crippen LogP contribution is 2.30. The molecule has 1 aromatic heterocycles. The summed E-state index contributed by atoms with van der Waals surface area (Å²) in [5.41, 5.74) is 8.06. The van der Waals surface area contributed by atoms with E-state index < -0.39 is 0 Å². The number of nitrogens with one attached hydrogen (secondary N) is 2. The van der Waals surface area contributed by atoms with Crippen LogP contribution in [-0.4, -0.2) is 54.2 Å². The van der Waals surface area contributed by atoms with E-state index in [9.17, 15) is 4.79 Å². The van der Waals surface area contributed by atoms with Crippen molar-refractivity contribution in [1.82, 2.24) is 20.4 Å². The number of rotatable bonds is 7. The molecule has 4 aromatic rings. The maximum absolute atomic E-state index is 12.0. The van der Waals surface area contributed by atoms with Crippen molar-refractivity contribution in [1.29, 1.82) is 0 Å². The molecule has 1 fully saturated rings. The largest absolute Gasteiger partial charge is 0.497 e. The molecule has 190 valence electrons. The van der Waals surface area contributed by atoms with Crippen LogP contribution in [0.2, 0.25) is 0 Å². The van der Waals surface area contributed by atoms with Gasteiger partial charge in [-0.3, -0.25) is 10.2 Å². The molecule has 5 rings (SSSR count). The van der Waals surface area contributed by atoms with Crippen molar-refractivity contribution in [3.63, 3.8) is 0 Å². The molecule has 1 aliphatic heterocycles. The van der Waals surface area contributed by atoms with Crippen LogP contribution in [0.5, 0.6) is 5.75 Å². The smallest absolute Gasteiger partial charge is 0.236 e. The average molecular weight is 497 g/mol. The van der Waals surface area contributed by atoms with E-state index in [4.69, 9.17) is 9.72 Å². The van der Waals surface area contributed by atoms with Crippen LogP contribution < -0.4 is 20.4 Å². The van der Waals surface area contributed by atoms with Gasteiger partial charge in [0.15, 0.2) is 0 Å². The highest BCUT2D eigenvalue weighted by Gasteiger charge is 2.20. The van der Waals surface area contributed by atoms with E-state index >= 15 is 0 Å². The molecule has 0 radical (unpaired) electrons. The average Bonchev–Trinajstić information content (AvgIpc) is 2.93. The summed E-state index contributed by atoms with van der Waals surface area (Å²) in [6.07, 6.45) is 1.85. The van der Waals surface area contributed by atoms with Crippen LogP contribution in [0.4, 0.5) is 17.3 Å². The second-order valence-electron chi connectivity index (χ2n) is 9.45. The van der Waals surface area contributed by atoms with E-state index in [2.05, 4.69) is 38.8 Å². The van der Waals surface area contributed by atoms with E-state index in [1.807, 2.05) is 73.6 Å². The molecule has 1 amide bonds. The first-order valence-corrected chi connectivity index (χ1v) is 12.6. The monoisotopic (exact) mass is 496 g/mol. The number of hydrogen-bond donors (Lipinski definition) is 2. The minimum atomic E-state index is -0.0228. The van der Waals surface area contributed by atoms with Crippen molar-refractivity contribution in [2.24, 2.45) is 5.92 Å². The first kappa shape index (κ1) is 24.5. The molecule has 8 heteroatoms. The minimum absolute atomic E-state index is 0.0228.